The molecule has 1 saturated heterocycles. The summed E-state index contributed by atoms with van der Waals surface area (Å²) in [5, 5.41) is 14.1. The number of ether oxygens (including phenoxy) is 1. The zero-order valence-corrected chi connectivity index (χ0v) is 19.3. The molecular formula is C23H28N4O4S. The van der Waals surface area contributed by atoms with Crippen LogP contribution in [0.4, 0.5) is 4.79 Å². The fourth-order valence-electron chi connectivity index (χ4n) is 3.67. The number of hydrogen-bond acceptors (Lipinski definition) is 6. The number of carbonyl (C=O) groups is 2. The molecule has 2 amide bonds. The molecule has 0 atom stereocenters. The SMILES string of the molecule is CC(C)(C)OC(=O)N1CCC(O)(c2ccc(C(=O)NCc3ccn4ccnc4c3)s2)CC1. The van der Waals surface area contributed by atoms with Gasteiger partial charge in [-0.2, -0.15) is 0 Å². The first kappa shape index (κ1) is 22.3. The van der Waals surface area contributed by atoms with E-state index in [9.17, 15) is 14.7 Å². The van der Waals surface area contributed by atoms with Crippen LogP contribution < -0.4 is 5.32 Å². The number of piperidine rings is 1. The van der Waals surface area contributed by atoms with Gasteiger partial charge >= 0.3 is 6.09 Å². The number of nitrogens with one attached hydrogen (secondary N) is 1. The predicted molar refractivity (Wildman–Crippen MR) is 122 cm³/mol. The van der Waals surface area contributed by atoms with Crippen LogP contribution in [0, 0.1) is 0 Å². The summed E-state index contributed by atoms with van der Waals surface area (Å²) >= 11 is 1.29. The summed E-state index contributed by atoms with van der Waals surface area (Å²) in [4.78, 5) is 32.1. The van der Waals surface area contributed by atoms with Crippen molar-refractivity contribution in [3.8, 4) is 0 Å². The van der Waals surface area contributed by atoms with E-state index in [0.717, 1.165) is 16.1 Å². The Bertz CT molecular complexity index is 1120. The zero-order chi connectivity index (χ0) is 22.9. The van der Waals surface area contributed by atoms with Crippen molar-refractivity contribution in [3.63, 3.8) is 0 Å². The Hall–Kier alpha value is -2.91. The van der Waals surface area contributed by atoms with Crippen molar-refractivity contribution in [2.24, 2.45) is 0 Å². The maximum absolute atomic E-state index is 12.6. The van der Waals surface area contributed by atoms with Crippen LogP contribution in [0.3, 0.4) is 0 Å². The lowest BCUT2D eigenvalue weighted by Crippen LogP contribution is -2.46. The Morgan fingerprint density at radius 3 is 2.69 bits per heavy atom. The number of amides is 2. The topological polar surface area (TPSA) is 96.2 Å². The van der Waals surface area contributed by atoms with E-state index < -0.39 is 11.2 Å². The molecule has 9 heteroatoms. The van der Waals surface area contributed by atoms with Gasteiger partial charge in [-0.15, -0.1) is 11.3 Å². The highest BCUT2D eigenvalue weighted by molar-refractivity contribution is 7.14. The second-order valence-corrected chi connectivity index (χ2v) is 10.2. The Morgan fingerprint density at radius 2 is 1.97 bits per heavy atom. The van der Waals surface area contributed by atoms with Crippen molar-refractivity contribution < 1.29 is 19.4 Å². The molecule has 3 aromatic heterocycles. The van der Waals surface area contributed by atoms with E-state index in [4.69, 9.17) is 4.74 Å². The highest BCUT2D eigenvalue weighted by Gasteiger charge is 2.38. The minimum Gasteiger partial charge on any atom is -0.444 e. The predicted octanol–water partition coefficient (Wildman–Crippen LogP) is 3.54. The maximum Gasteiger partial charge on any atom is 0.410 e. The van der Waals surface area contributed by atoms with Gasteiger partial charge in [0.2, 0.25) is 0 Å². The molecule has 4 heterocycles. The molecule has 1 fully saturated rings. The number of rotatable bonds is 4. The van der Waals surface area contributed by atoms with Crippen LogP contribution >= 0.6 is 11.3 Å². The standard InChI is InChI=1S/C23H28N4O4S/c1-22(2,3)31-21(29)27-11-7-23(30,8-12-27)18-5-4-17(32-18)20(28)25-15-16-6-10-26-13-9-24-19(26)14-16/h4-6,9-10,13-14,30H,7-8,11-12,15H2,1-3H3,(H,25,28). The van der Waals surface area contributed by atoms with Crippen LogP contribution in [0.25, 0.3) is 5.65 Å². The van der Waals surface area contributed by atoms with Gasteiger partial charge in [0.05, 0.1) is 4.88 Å². The van der Waals surface area contributed by atoms with Gasteiger partial charge in [-0.1, -0.05) is 0 Å². The van der Waals surface area contributed by atoms with Gasteiger partial charge in [0, 0.05) is 43.1 Å². The number of carbonyl (C=O) groups excluding carboxylic acids is 2. The van der Waals surface area contributed by atoms with Gasteiger partial charge < -0.3 is 24.5 Å². The first-order valence-corrected chi connectivity index (χ1v) is 11.5. The monoisotopic (exact) mass is 456 g/mol. The minimum atomic E-state index is -1.05. The van der Waals surface area contributed by atoms with Crippen LogP contribution in [0.15, 0.2) is 42.9 Å². The quantitative estimate of drug-likeness (QED) is 0.626. The lowest BCUT2D eigenvalue weighted by molar-refractivity contribution is -0.0335. The van der Waals surface area contributed by atoms with Crippen LogP contribution in [-0.2, 0) is 16.9 Å². The van der Waals surface area contributed by atoms with Crippen LogP contribution in [0.1, 0.15) is 53.7 Å². The lowest BCUT2D eigenvalue weighted by Gasteiger charge is -2.38. The number of hydrogen-bond donors (Lipinski definition) is 2. The average molecular weight is 457 g/mol. The molecular weight excluding hydrogens is 428 g/mol. The number of thiophene rings is 1. The van der Waals surface area contributed by atoms with E-state index in [1.54, 1.807) is 23.2 Å². The third-order valence-corrected chi connectivity index (χ3v) is 6.72. The maximum atomic E-state index is 12.6. The van der Waals surface area contributed by atoms with Crippen molar-refractivity contribution in [3.05, 3.63) is 58.2 Å². The van der Waals surface area contributed by atoms with E-state index >= 15 is 0 Å². The summed E-state index contributed by atoms with van der Waals surface area (Å²) in [5.41, 5.74) is 0.190. The summed E-state index contributed by atoms with van der Waals surface area (Å²) in [7, 11) is 0. The number of aliphatic hydroxyl groups is 1. The van der Waals surface area contributed by atoms with Crippen LogP contribution in [0.2, 0.25) is 0 Å². The van der Waals surface area contributed by atoms with Gasteiger partial charge in [0.15, 0.2) is 0 Å². The van der Waals surface area contributed by atoms with Gasteiger partial charge in [-0.25, -0.2) is 9.78 Å². The summed E-state index contributed by atoms with van der Waals surface area (Å²) < 4.78 is 7.33. The molecule has 170 valence electrons. The Balaban J connectivity index is 1.34. The van der Waals surface area contributed by atoms with Crippen LogP contribution in [-0.4, -0.2) is 50.1 Å². The number of fused-ring (bicyclic) bond motifs is 1. The van der Waals surface area contributed by atoms with Gasteiger partial charge in [-0.3, -0.25) is 4.79 Å². The molecule has 0 spiro atoms. The molecule has 32 heavy (non-hydrogen) atoms. The molecule has 0 aliphatic carbocycles. The van der Waals surface area contributed by atoms with Crippen molar-refractivity contribution in [2.75, 3.05) is 13.1 Å². The second kappa shape index (κ2) is 8.55. The average Bonchev–Trinajstić information content (AvgIpc) is 3.41. The normalized spacial score (nSPS) is 16.2. The molecule has 1 aliphatic heterocycles. The Labute approximate surface area is 190 Å². The van der Waals surface area contributed by atoms with E-state index in [0.29, 0.717) is 37.4 Å². The molecule has 3 aromatic rings. The Morgan fingerprint density at radius 1 is 1.22 bits per heavy atom. The van der Waals surface area contributed by atoms with E-state index in [-0.39, 0.29) is 12.0 Å². The molecule has 0 unspecified atom stereocenters. The lowest BCUT2D eigenvalue weighted by atomic mass is 9.90. The first-order chi connectivity index (χ1) is 15.1. The van der Waals surface area contributed by atoms with Gasteiger partial charge in [0.25, 0.3) is 5.91 Å². The molecule has 8 nitrogen and oxygen atoms in total. The molecule has 0 aromatic carbocycles. The molecule has 0 radical (unpaired) electrons. The summed E-state index contributed by atoms with van der Waals surface area (Å²) in [5.74, 6) is -0.181. The van der Waals surface area contributed by atoms with E-state index in [2.05, 4.69) is 10.3 Å². The Kier molecular flexibility index (Phi) is 5.96. The number of nitrogens with zero attached hydrogens (tertiary/aromatic N) is 3. The van der Waals surface area contributed by atoms with E-state index in [1.165, 1.54) is 11.3 Å². The summed E-state index contributed by atoms with van der Waals surface area (Å²) in [6, 6.07) is 7.42. The van der Waals surface area contributed by atoms with Crippen molar-refractivity contribution >= 4 is 29.0 Å². The number of pyridine rings is 1. The van der Waals surface area contributed by atoms with Crippen molar-refractivity contribution in [1.29, 1.82) is 0 Å². The molecule has 1 aliphatic rings. The van der Waals surface area contributed by atoms with Crippen molar-refractivity contribution in [2.45, 2.75) is 51.4 Å². The number of likely N-dealkylation sites (tertiary alicyclic amines) is 1. The van der Waals surface area contributed by atoms with E-state index in [1.807, 2.05) is 49.7 Å². The molecule has 0 bridgehead atoms. The third-order valence-electron chi connectivity index (χ3n) is 5.45. The second-order valence-electron chi connectivity index (χ2n) is 9.07. The van der Waals surface area contributed by atoms with Gasteiger partial charge in [0.1, 0.15) is 16.8 Å². The first-order valence-electron chi connectivity index (χ1n) is 10.6. The van der Waals surface area contributed by atoms with Gasteiger partial charge in [-0.05, 0) is 63.4 Å². The largest absolute Gasteiger partial charge is 0.444 e. The molecule has 4 rings (SSSR count). The van der Waals surface area contributed by atoms with Crippen molar-refractivity contribution in [1.82, 2.24) is 19.6 Å². The smallest absolute Gasteiger partial charge is 0.410 e. The summed E-state index contributed by atoms with van der Waals surface area (Å²) in [6.45, 7) is 6.70. The highest BCUT2D eigenvalue weighted by atomic mass is 32.1. The number of aromatic nitrogens is 2. The molecule has 2 N–H and O–H groups in total. The third kappa shape index (κ3) is 4.94. The minimum absolute atomic E-state index is 0.181. The van der Waals surface area contributed by atoms with Crippen LogP contribution in [0.5, 0.6) is 0 Å². The zero-order valence-electron chi connectivity index (χ0n) is 18.5. The fraction of sp³-hybridized carbons (Fsp3) is 0.435. The molecule has 0 saturated carbocycles. The summed E-state index contributed by atoms with van der Waals surface area (Å²) in [6.07, 6.45) is 5.95. The highest BCUT2D eigenvalue weighted by Crippen LogP contribution is 2.37. The fourth-order valence-corrected chi connectivity index (χ4v) is 4.74. The number of imidazole rings is 1.